The predicted octanol–water partition coefficient (Wildman–Crippen LogP) is 1.51. The Balaban J connectivity index is 2.76. The molecule has 0 unspecified atom stereocenters. The highest BCUT2D eigenvalue weighted by Crippen LogP contribution is 2.31. The van der Waals surface area contributed by atoms with E-state index < -0.39 is 73.9 Å². The number of anilines is 1. The maximum Gasteiger partial charge on any atom is 0.416 e. The minimum atomic E-state index is -5.10. The van der Waals surface area contributed by atoms with Crippen LogP contribution in [0.25, 0.3) is 0 Å². The number of alkyl halides is 3. The Kier molecular flexibility index (Phi) is 3.47. The quantitative estimate of drug-likeness (QED) is 0.839. The summed E-state index contributed by atoms with van der Waals surface area (Å²) in [4.78, 5) is 24.1. The van der Waals surface area contributed by atoms with E-state index in [0.717, 1.165) is 14.0 Å². The second-order valence-electron chi connectivity index (χ2n) is 5.12. The van der Waals surface area contributed by atoms with E-state index in [2.05, 4.69) is 5.32 Å². The zero-order valence-electron chi connectivity index (χ0n) is 22.8. The van der Waals surface area contributed by atoms with Gasteiger partial charge >= 0.3 is 6.18 Å². The van der Waals surface area contributed by atoms with Crippen molar-refractivity contribution in [1.82, 2.24) is 10.2 Å². The lowest BCUT2D eigenvalue weighted by atomic mass is 10.1. The molecule has 1 fully saturated rings. The Morgan fingerprint density at radius 3 is 2.58 bits per heavy atom. The minimum Gasteiger partial charge on any atom is -0.382 e. The predicted molar refractivity (Wildman–Crippen MR) is 89.7 cm³/mol. The van der Waals surface area contributed by atoms with Gasteiger partial charge in [0.15, 0.2) is 0 Å². The van der Waals surface area contributed by atoms with Crippen molar-refractivity contribution in [2.75, 3.05) is 44.6 Å². The zero-order valence-corrected chi connectivity index (χ0v) is 13.8. The van der Waals surface area contributed by atoms with Gasteiger partial charge in [-0.05, 0) is 18.2 Å². The number of nitrogens with zero attached hydrogens (tertiary/aromatic N) is 2. The number of benzene rings is 1. The summed E-state index contributed by atoms with van der Waals surface area (Å²) in [5.74, 6) is -2.37. The number of nitrogens with one attached hydrogen (secondary N) is 1. The lowest BCUT2D eigenvalue weighted by molar-refractivity contribution is -0.137. The van der Waals surface area contributed by atoms with Crippen LogP contribution in [0.4, 0.5) is 18.9 Å². The molecule has 1 N–H and O–H groups in total. The molecular formula is C17H22F3N3O3. The van der Waals surface area contributed by atoms with Crippen LogP contribution in [0.15, 0.2) is 24.2 Å². The van der Waals surface area contributed by atoms with Gasteiger partial charge in [0.2, 0.25) is 11.8 Å². The molecule has 1 heterocycles. The number of methoxy groups -OCH3 is 1. The molecule has 2 amide bonds. The standard InChI is InChI=1S/C17H22F3N3O3/c1-12(24)21-15(11-26-2)16(25)23-8-6-22(7-9-23)14-5-3-4-13(10-14)17(18,19)20/h3-5,10,15H,6-9,11H2,1-2H3,(H,21,24)/t15-/m1/s1/i4D,6D2,7D2,8D2,9D2. The number of piperazine rings is 1. The van der Waals surface area contributed by atoms with Gasteiger partial charge in [-0.3, -0.25) is 9.59 Å². The van der Waals surface area contributed by atoms with Crippen molar-refractivity contribution < 1.29 is 39.8 Å². The molecule has 1 atom stereocenters. The molecule has 2 rings (SSSR count). The summed E-state index contributed by atoms with van der Waals surface area (Å²) in [7, 11) is 1.11. The van der Waals surface area contributed by atoms with E-state index in [1.54, 1.807) is 0 Å². The molecule has 26 heavy (non-hydrogen) atoms. The molecule has 0 aliphatic carbocycles. The number of amides is 2. The van der Waals surface area contributed by atoms with Gasteiger partial charge in [-0.25, -0.2) is 0 Å². The van der Waals surface area contributed by atoms with Crippen LogP contribution in [0.1, 0.15) is 24.8 Å². The van der Waals surface area contributed by atoms with Crippen LogP contribution in [-0.4, -0.2) is 62.5 Å². The number of halogens is 3. The van der Waals surface area contributed by atoms with E-state index in [-0.39, 0.29) is 15.9 Å². The molecule has 6 nitrogen and oxygen atoms in total. The van der Waals surface area contributed by atoms with Crippen molar-refractivity contribution >= 4 is 17.5 Å². The Labute approximate surface area is 162 Å². The van der Waals surface area contributed by atoms with E-state index in [0.29, 0.717) is 12.1 Å². The van der Waals surface area contributed by atoms with E-state index >= 15 is 0 Å². The average Bonchev–Trinajstić information content (AvgIpc) is 2.66. The molecule has 0 spiro atoms. The second kappa shape index (κ2) is 8.39. The van der Waals surface area contributed by atoms with Crippen LogP contribution in [-0.2, 0) is 20.5 Å². The SMILES string of the molecule is [2H]c1ccc(N2C([2H])([2H])C([2H])([2H])N(C(=O)[C@@H](COC)NC(C)=O)C([2H])([2H])C2([2H])[2H])cc1C(F)(F)F. The normalized spacial score (nSPS) is 29.2. The lowest BCUT2D eigenvalue weighted by Crippen LogP contribution is -2.56. The highest BCUT2D eigenvalue weighted by atomic mass is 19.4. The van der Waals surface area contributed by atoms with E-state index in [1.165, 1.54) is 0 Å². The van der Waals surface area contributed by atoms with Gasteiger partial charge in [0, 0.05) is 45.7 Å². The Morgan fingerprint density at radius 1 is 1.38 bits per heavy atom. The second-order valence-corrected chi connectivity index (χ2v) is 5.12. The highest BCUT2D eigenvalue weighted by molar-refractivity contribution is 5.87. The third-order valence-electron chi connectivity index (χ3n) is 3.13. The lowest BCUT2D eigenvalue weighted by Gasteiger charge is -2.37. The molecule has 0 saturated carbocycles. The number of carbonyl (C=O) groups is 2. The van der Waals surface area contributed by atoms with Crippen LogP contribution >= 0.6 is 0 Å². The first-order valence-electron chi connectivity index (χ1n) is 11.7. The largest absolute Gasteiger partial charge is 0.416 e. The van der Waals surface area contributed by atoms with Gasteiger partial charge in [0.05, 0.1) is 24.5 Å². The summed E-state index contributed by atoms with van der Waals surface area (Å²) in [6.07, 6.45) is -5.10. The van der Waals surface area contributed by atoms with Crippen LogP contribution in [0.5, 0.6) is 0 Å². The number of carbonyl (C=O) groups excluding carboxylic acids is 2. The van der Waals surface area contributed by atoms with E-state index in [4.69, 9.17) is 17.1 Å². The first kappa shape index (κ1) is 10.8. The number of hydrogen-bond donors (Lipinski definition) is 1. The third kappa shape index (κ3) is 5.10. The molecule has 144 valence electrons. The van der Waals surface area contributed by atoms with Gasteiger partial charge in [-0.2, -0.15) is 13.2 Å². The average molecular weight is 382 g/mol. The fourth-order valence-corrected chi connectivity index (χ4v) is 1.99. The molecule has 9 heteroatoms. The molecule has 0 aromatic heterocycles. The summed E-state index contributed by atoms with van der Waals surface area (Å²) in [6.45, 7) is -14.3. The maximum absolute atomic E-state index is 13.3. The fraction of sp³-hybridized carbons (Fsp3) is 0.529. The maximum atomic E-state index is 13.3. The zero-order chi connectivity index (χ0) is 27.4. The van der Waals surface area contributed by atoms with Crippen LogP contribution in [0.2, 0.25) is 0 Å². The van der Waals surface area contributed by atoms with Crippen LogP contribution in [0.3, 0.4) is 0 Å². The van der Waals surface area contributed by atoms with Gasteiger partial charge in [0.25, 0.3) is 0 Å². The minimum absolute atomic E-state index is 0.164. The third-order valence-corrected chi connectivity index (χ3v) is 3.13. The Hall–Kier alpha value is -2.29. The highest BCUT2D eigenvalue weighted by Gasteiger charge is 2.32. The molecule has 1 aliphatic rings. The fourth-order valence-electron chi connectivity index (χ4n) is 1.99. The molecule has 1 aliphatic heterocycles. The topological polar surface area (TPSA) is 61.9 Å². The van der Waals surface area contributed by atoms with Crippen molar-refractivity contribution in [1.29, 1.82) is 0 Å². The van der Waals surface area contributed by atoms with Crippen molar-refractivity contribution in [3.05, 3.63) is 29.8 Å². The van der Waals surface area contributed by atoms with Gasteiger partial charge in [0.1, 0.15) is 6.04 Å². The first-order chi connectivity index (χ1) is 15.7. The molecule has 1 aromatic carbocycles. The van der Waals surface area contributed by atoms with Crippen molar-refractivity contribution in [3.63, 3.8) is 0 Å². The Bertz CT molecular complexity index is 980. The van der Waals surface area contributed by atoms with Gasteiger partial charge < -0.3 is 19.9 Å². The summed E-state index contributed by atoms with van der Waals surface area (Å²) in [6, 6.07) is -1.27. The molecule has 1 saturated heterocycles. The molecular weight excluding hydrogens is 351 g/mol. The summed E-state index contributed by atoms with van der Waals surface area (Å²) >= 11 is 0. The number of hydrogen-bond acceptors (Lipinski definition) is 4. The van der Waals surface area contributed by atoms with Gasteiger partial charge in [-0.15, -0.1) is 0 Å². The van der Waals surface area contributed by atoms with E-state index in [1.807, 2.05) is 0 Å². The molecule has 1 aromatic rings. The van der Waals surface area contributed by atoms with Crippen molar-refractivity contribution in [2.24, 2.45) is 0 Å². The van der Waals surface area contributed by atoms with Crippen LogP contribution in [0, 0.1) is 0 Å². The smallest absolute Gasteiger partial charge is 0.382 e. The summed E-state index contributed by atoms with van der Waals surface area (Å²) in [5, 5.41) is 2.09. The summed E-state index contributed by atoms with van der Waals surface area (Å²) in [5.41, 5.74) is -2.51. The van der Waals surface area contributed by atoms with Crippen molar-refractivity contribution in [3.8, 4) is 0 Å². The Morgan fingerprint density at radius 2 is 2.04 bits per heavy atom. The summed E-state index contributed by atoms with van der Waals surface area (Å²) < 4.78 is 119. The van der Waals surface area contributed by atoms with Crippen molar-refractivity contribution in [2.45, 2.75) is 19.1 Å². The monoisotopic (exact) mass is 382 g/mol. The number of rotatable bonds is 5. The number of ether oxygens (including phenoxy) is 1. The van der Waals surface area contributed by atoms with Crippen LogP contribution < -0.4 is 10.2 Å². The molecule has 0 bridgehead atoms. The first-order valence-corrected chi connectivity index (χ1v) is 7.24. The van der Waals surface area contributed by atoms with Gasteiger partial charge in [-0.1, -0.05) is 6.07 Å². The molecule has 0 radical (unpaired) electrons. The van der Waals surface area contributed by atoms with E-state index in [9.17, 15) is 22.8 Å².